The van der Waals surface area contributed by atoms with Crippen molar-refractivity contribution in [2.45, 2.75) is 50.9 Å². The van der Waals surface area contributed by atoms with E-state index in [2.05, 4.69) is 15.0 Å². The minimum absolute atomic E-state index is 0.139. The van der Waals surface area contributed by atoms with Crippen LogP contribution in [0.1, 0.15) is 36.2 Å². The van der Waals surface area contributed by atoms with E-state index in [0.29, 0.717) is 22.8 Å². The summed E-state index contributed by atoms with van der Waals surface area (Å²) in [5.41, 5.74) is 0.889. The molecule has 0 saturated heterocycles. The van der Waals surface area contributed by atoms with E-state index in [1.54, 1.807) is 23.1 Å². The highest BCUT2D eigenvalue weighted by molar-refractivity contribution is 6.30. The minimum Gasteiger partial charge on any atom is -0.428 e. The van der Waals surface area contributed by atoms with Crippen molar-refractivity contribution in [3.63, 3.8) is 0 Å². The quantitative estimate of drug-likeness (QED) is 0.177. The molecule has 220 valence electrons. The van der Waals surface area contributed by atoms with Crippen molar-refractivity contribution in [1.29, 1.82) is 0 Å². The van der Waals surface area contributed by atoms with Crippen molar-refractivity contribution in [2.24, 2.45) is 0 Å². The molecule has 42 heavy (non-hydrogen) atoms. The summed E-state index contributed by atoms with van der Waals surface area (Å²) in [5.74, 6) is -0.497. The van der Waals surface area contributed by atoms with Gasteiger partial charge in [0, 0.05) is 25.2 Å². The molecule has 10 heteroatoms. The molecule has 0 radical (unpaired) electrons. The van der Waals surface area contributed by atoms with Crippen LogP contribution in [0.25, 0.3) is 0 Å². The number of halogens is 5. The summed E-state index contributed by atoms with van der Waals surface area (Å²) in [6.07, 6.45) is -7.20. The maximum absolute atomic E-state index is 14.1. The number of pyridine rings is 1. The lowest BCUT2D eigenvalue weighted by atomic mass is 9.80. The van der Waals surface area contributed by atoms with Gasteiger partial charge in [0.1, 0.15) is 11.3 Å². The number of alkyl halides is 4. The largest absolute Gasteiger partial charge is 0.461 e. The average molecular weight is 600 g/mol. The molecule has 4 aromatic rings. The number of nitrogens with zero attached hydrogens (tertiary/aromatic N) is 2. The number of carbonyl (C=O) groups excluding carboxylic acids is 1. The third-order valence-corrected chi connectivity index (χ3v) is 6.94. The van der Waals surface area contributed by atoms with Crippen LogP contribution in [-0.4, -0.2) is 34.5 Å². The highest BCUT2D eigenvalue weighted by atomic mass is 35.5. The van der Waals surface area contributed by atoms with Crippen LogP contribution in [0.2, 0.25) is 5.02 Å². The van der Waals surface area contributed by atoms with E-state index in [4.69, 9.17) is 11.6 Å². The zero-order chi connectivity index (χ0) is 30.3. The van der Waals surface area contributed by atoms with E-state index < -0.39 is 29.9 Å². The third kappa shape index (κ3) is 7.39. The zero-order valence-electron chi connectivity index (χ0n) is 23.0. The van der Waals surface area contributed by atoms with Gasteiger partial charge in [-0.1, -0.05) is 84.4 Å². The van der Waals surface area contributed by atoms with Gasteiger partial charge in [0.05, 0.1) is 10.7 Å². The lowest BCUT2D eigenvalue weighted by molar-refractivity contribution is -0.253. The lowest BCUT2D eigenvalue weighted by Crippen LogP contribution is -2.54. The van der Waals surface area contributed by atoms with Gasteiger partial charge >= 0.3 is 18.6 Å². The first kappa shape index (κ1) is 30.8. The molecule has 0 unspecified atom stereocenters. The summed E-state index contributed by atoms with van der Waals surface area (Å²) in [4.78, 5) is 20.3. The molecule has 5 nitrogen and oxygen atoms in total. The van der Waals surface area contributed by atoms with Crippen molar-refractivity contribution in [3.05, 3.63) is 131 Å². The second kappa shape index (κ2) is 13.2. The Morgan fingerprint density at radius 3 is 2.14 bits per heavy atom. The second-order valence-electron chi connectivity index (χ2n) is 10.1. The first-order valence-electron chi connectivity index (χ1n) is 13.2. The number of carbonyl (C=O) groups is 1. The topological polar surface area (TPSA) is 54.5 Å². The molecule has 0 spiro atoms. The molecule has 0 bridgehead atoms. The first-order chi connectivity index (χ1) is 20.0. The Balaban J connectivity index is 1.87. The predicted molar refractivity (Wildman–Crippen MR) is 154 cm³/mol. The molecule has 0 aliphatic carbocycles. The Morgan fingerprint density at radius 2 is 1.57 bits per heavy atom. The van der Waals surface area contributed by atoms with Gasteiger partial charge in [-0.2, -0.15) is 17.6 Å². The Morgan fingerprint density at radius 1 is 0.929 bits per heavy atom. The smallest absolute Gasteiger partial charge is 0.428 e. The van der Waals surface area contributed by atoms with Crippen LogP contribution >= 0.6 is 11.6 Å². The molecule has 0 aliphatic heterocycles. The van der Waals surface area contributed by atoms with Gasteiger partial charge in [-0.15, -0.1) is 0 Å². The molecule has 1 heterocycles. The molecule has 0 fully saturated rings. The summed E-state index contributed by atoms with van der Waals surface area (Å²) in [7, 11) is 0. The normalized spacial score (nSPS) is 13.1. The van der Waals surface area contributed by atoms with Crippen molar-refractivity contribution in [1.82, 2.24) is 15.2 Å². The Labute approximate surface area is 247 Å². The number of rotatable bonds is 11. The molecular weight excluding hydrogens is 570 g/mol. The second-order valence-corrected chi connectivity index (χ2v) is 10.5. The molecule has 4 rings (SSSR count). The van der Waals surface area contributed by atoms with Gasteiger partial charge in [-0.3, -0.25) is 4.98 Å². The van der Waals surface area contributed by atoms with E-state index in [1.807, 2.05) is 74.5 Å². The van der Waals surface area contributed by atoms with Crippen molar-refractivity contribution in [3.8, 4) is 5.75 Å². The highest BCUT2D eigenvalue weighted by Gasteiger charge is 2.45. The monoisotopic (exact) mass is 599 g/mol. The molecule has 1 atom stereocenters. The van der Waals surface area contributed by atoms with Crippen LogP contribution in [0.15, 0.2) is 103 Å². The molecule has 2 amide bonds. The van der Waals surface area contributed by atoms with Crippen molar-refractivity contribution < 1.29 is 27.1 Å². The van der Waals surface area contributed by atoms with Gasteiger partial charge in [-0.25, -0.2) is 4.79 Å². The molecular formula is C32H30ClF4N3O2. The summed E-state index contributed by atoms with van der Waals surface area (Å²) in [6, 6.07) is 26.6. The standard InChI is InChI=1S/C32H30ClF4N3O2/c1-22(2)40(21-24-12-7-4-8-13-24)30(41)39-31(19-23-10-5-3-6-11-23,28-17-16-26(33)20-38-28)25-14-9-15-27(18-25)42-32(36,37)29(34)35/h3-18,20,22,29H,19,21H2,1-2H3,(H,39,41)/t31-/m0/s1. The highest BCUT2D eigenvalue weighted by Crippen LogP contribution is 2.37. The van der Waals surface area contributed by atoms with Gasteiger partial charge in [0.25, 0.3) is 0 Å². The zero-order valence-corrected chi connectivity index (χ0v) is 23.7. The molecule has 0 saturated carbocycles. The fraction of sp³-hybridized carbons (Fsp3) is 0.250. The predicted octanol–water partition coefficient (Wildman–Crippen LogP) is 8.08. The summed E-state index contributed by atoms with van der Waals surface area (Å²) >= 11 is 6.15. The number of benzene rings is 3. The SMILES string of the molecule is CC(C)N(Cc1ccccc1)C(=O)N[C@@](Cc1ccccc1)(c1cccc(OC(F)(F)C(F)F)c1)c1ccc(Cl)cn1. The van der Waals surface area contributed by atoms with E-state index in [1.165, 1.54) is 18.3 Å². The minimum atomic E-state index is -4.72. The van der Waals surface area contributed by atoms with Gasteiger partial charge in [0.2, 0.25) is 0 Å². The molecule has 0 aliphatic rings. The maximum Gasteiger partial charge on any atom is 0.461 e. The van der Waals surface area contributed by atoms with Crippen LogP contribution < -0.4 is 10.1 Å². The number of nitrogens with one attached hydrogen (secondary N) is 1. The van der Waals surface area contributed by atoms with E-state index in [-0.39, 0.29) is 12.5 Å². The average Bonchev–Trinajstić information content (AvgIpc) is 2.96. The van der Waals surface area contributed by atoms with Crippen LogP contribution in [-0.2, 0) is 18.5 Å². The Kier molecular flexibility index (Phi) is 9.73. The van der Waals surface area contributed by atoms with Crippen LogP contribution in [0, 0.1) is 0 Å². The van der Waals surface area contributed by atoms with E-state index >= 15 is 0 Å². The van der Waals surface area contributed by atoms with Crippen LogP contribution in [0.4, 0.5) is 22.4 Å². The number of hydrogen-bond donors (Lipinski definition) is 1. The van der Waals surface area contributed by atoms with Crippen molar-refractivity contribution >= 4 is 17.6 Å². The van der Waals surface area contributed by atoms with Gasteiger partial charge in [0.15, 0.2) is 0 Å². The van der Waals surface area contributed by atoms with E-state index in [0.717, 1.165) is 17.2 Å². The summed E-state index contributed by atoms with van der Waals surface area (Å²) in [5, 5.41) is 3.48. The van der Waals surface area contributed by atoms with E-state index in [9.17, 15) is 22.4 Å². The number of urea groups is 1. The number of hydrogen-bond acceptors (Lipinski definition) is 3. The Hall–Kier alpha value is -4.11. The fourth-order valence-electron chi connectivity index (χ4n) is 4.60. The van der Waals surface area contributed by atoms with Crippen LogP contribution in [0.3, 0.4) is 0 Å². The Bertz CT molecular complexity index is 1460. The third-order valence-electron chi connectivity index (χ3n) is 6.71. The summed E-state index contributed by atoms with van der Waals surface area (Å²) < 4.78 is 58.2. The number of ether oxygens (including phenoxy) is 1. The van der Waals surface area contributed by atoms with Crippen LogP contribution in [0.5, 0.6) is 5.75 Å². The van der Waals surface area contributed by atoms with Crippen molar-refractivity contribution in [2.75, 3.05) is 0 Å². The number of aromatic nitrogens is 1. The maximum atomic E-state index is 14.1. The summed E-state index contributed by atoms with van der Waals surface area (Å²) in [6.45, 7) is 4.05. The van der Waals surface area contributed by atoms with Gasteiger partial charge < -0.3 is 15.0 Å². The fourth-order valence-corrected chi connectivity index (χ4v) is 4.71. The lowest BCUT2D eigenvalue weighted by Gasteiger charge is -2.38. The molecule has 1 N–H and O–H groups in total. The first-order valence-corrected chi connectivity index (χ1v) is 13.6. The number of amides is 2. The molecule has 1 aromatic heterocycles. The van der Waals surface area contributed by atoms with Gasteiger partial charge in [-0.05, 0) is 54.8 Å². The molecule has 3 aromatic carbocycles.